The third-order valence-corrected chi connectivity index (χ3v) is 6.81. The lowest BCUT2D eigenvalue weighted by Gasteiger charge is -2.39. The number of rotatable bonds is 6. The summed E-state index contributed by atoms with van der Waals surface area (Å²) >= 11 is 6.24. The van der Waals surface area contributed by atoms with Crippen molar-refractivity contribution in [3.8, 4) is 0 Å². The number of carbonyl (C=O) groups excluding carboxylic acids is 1. The average molecular weight is 462 g/mol. The Morgan fingerprint density at radius 3 is 2.59 bits per heavy atom. The second-order valence-corrected chi connectivity index (χ2v) is 9.05. The van der Waals surface area contributed by atoms with E-state index in [0.29, 0.717) is 24.7 Å². The number of carbonyl (C=O) groups is 2. The molecule has 1 aromatic carbocycles. The molecule has 0 saturated carbocycles. The van der Waals surface area contributed by atoms with Crippen LogP contribution in [0.15, 0.2) is 30.5 Å². The fourth-order valence-corrected chi connectivity index (χ4v) is 4.87. The summed E-state index contributed by atoms with van der Waals surface area (Å²) in [4.78, 5) is 27.9. The van der Waals surface area contributed by atoms with E-state index in [9.17, 15) is 9.59 Å². The van der Waals surface area contributed by atoms with E-state index in [2.05, 4.69) is 15.3 Å². The fourth-order valence-electron chi connectivity index (χ4n) is 4.69. The standard InChI is InChI=1S/C22H28ClN5O4/c23-17-2-1-16(13-19(17)24-7-12-29)14-26-9-4-22(15-26)5-10-27(11-6-22)21(32)28-8-3-18(25-28)20(30)31/h1-3,8,13,24,29H,4-7,9-12,14-15H2,(H,30,31). The summed E-state index contributed by atoms with van der Waals surface area (Å²) in [6, 6.07) is 7.03. The van der Waals surface area contributed by atoms with E-state index in [1.165, 1.54) is 17.8 Å². The Morgan fingerprint density at radius 1 is 1.16 bits per heavy atom. The van der Waals surface area contributed by atoms with Gasteiger partial charge in [0.1, 0.15) is 0 Å². The highest BCUT2D eigenvalue weighted by Crippen LogP contribution is 2.41. The van der Waals surface area contributed by atoms with Crippen molar-refractivity contribution in [2.24, 2.45) is 5.41 Å². The maximum atomic E-state index is 12.7. The number of nitrogens with one attached hydrogen (secondary N) is 1. The molecule has 1 spiro atoms. The number of halogens is 1. The molecule has 0 unspecified atom stereocenters. The zero-order valence-corrected chi connectivity index (χ0v) is 18.6. The number of carboxylic acid groups (broad SMARTS) is 1. The highest BCUT2D eigenvalue weighted by atomic mass is 35.5. The number of aromatic nitrogens is 2. The molecule has 3 heterocycles. The van der Waals surface area contributed by atoms with E-state index in [1.54, 1.807) is 4.90 Å². The zero-order valence-electron chi connectivity index (χ0n) is 17.8. The molecular formula is C22H28ClN5O4. The molecule has 2 aliphatic rings. The van der Waals surface area contributed by atoms with Gasteiger partial charge in [-0.3, -0.25) is 4.90 Å². The molecule has 2 aliphatic heterocycles. The summed E-state index contributed by atoms with van der Waals surface area (Å²) in [7, 11) is 0. The van der Waals surface area contributed by atoms with Crippen LogP contribution in [0.3, 0.4) is 0 Å². The molecule has 0 bridgehead atoms. The van der Waals surface area contributed by atoms with Crippen LogP contribution in [0.4, 0.5) is 10.5 Å². The maximum Gasteiger partial charge on any atom is 0.356 e. The molecule has 0 atom stereocenters. The Bertz CT molecular complexity index is 986. The Balaban J connectivity index is 1.32. The van der Waals surface area contributed by atoms with Crippen molar-refractivity contribution in [1.29, 1.82) is 0 Å². The van der Waals surface area contributed by atoms with E-state index in [0.717, 1.165) is 49.3 Å². The number of aliphatic hydroxyl groups is 1. The SMILES string of the molecule is O=C(O)c1ccn(C(=O)N2CCC3(CCN(Cc4ccc(Cl)c(NCCO)c4)C3)CC2)n1. The number of piperidine rings is 1. The highest BCUT2D eigenvalue weighted by Gasteiger charge is 2.41. The molecular weight excluding hydrogens is 434 g/mol. The van der Waals surface area contributed by atoms with Crippen LogP contribution in [0.1, 0.15) is 35.3 Å². The predicted molar refractivity (Wildman–Crippen MR) is 120 cm³/mol. The molecule has 32 heavy (non-hydrogen) atoms. The largest absolute Gasteiger partial charge is 0.476 e. The first-order chi connectivity index (χ1) is 15.4. The van der Waals surface area contributed by atoms with E-state index >= 15 is 0 Å². The number of benzene rings is 1. The number of nitrogens with zero attached hydrogens (tertiary/aromatic N) is 4. The van der Waals surface area contributed by atoms with Gasteiger partial charge in [-0.1, -0.05) is 17.7 Å². The minimum Gasteiger partial charge on any atom is -0.476 e. The topological polar surface area (TPSA) is 111 Å². The molecule has 2 saturated heterocycles. The van der Waals surface area contributed by atoms with Gasteiger partial charge in [-0.15, -0.1) is 0 Å². The summed E-state index contributed by atoms with van der Waals surface area (Å²) in [5.41, 5.74) is 2.09. The van der Waals surface area contributed by atoms with Crippen LogP contribution >= 0.6 is 11.6 Å². The molecule has 9 nitrogen and oxygen atoms in total. The Labute approximate surface area is 191 Å². The number of amides is 1. The maximum absolute atomic E-state index is 12.7. The molecule has 0 aliphatic carbocycles. The third kappa shape index (κ3) is 4.90. The first-order valence-electron chi connectivity index (χ1n) is 10.8. The minimum absolute atomic E-state index is 0.0514. The first kappa shape index (κ1) is 22.6. The van der Waals surface area contributed by atoms with E-state index in [1.807, 2.05) is 18.2 Å². The number of carboxylic acids is 1. The van der Waals surface area contributed by atoms with Gasteiger partial charge in [0.2, 0.25) is 0 Å². The van der Waals surface area contributed by atoms with E-state index in [4.69, 9.17) is 21.8 Å². The van der Waals surface area contributed by atoms with Gasteiger partial charge in [-0.05, 0) is 55.0 Å². The van der Waals surface area contributed by atoms with Crippen molar-refractivity contribution < 1.29 is 19.8 Å². The lowest BCUT2D eigenvalue weighted by molar-refractivity contribution is 0.0689. The molecule has 1 amide bonds. The van der Waals surface area contributed by atoms with Crippen molar-refractivity contribution in [3.63, 3.8) is 0 Å². The van der Waals surface area contributed by atoms with Crippen LogP contribution in [0.2, 0.25) is 5.02 Å². The molecule has 4 rings (SSSR count). The monoisotopic (exact) mass is 461 g/mol. The summed E-state index contributed by atoms with van der Waals surface area (Å²) in [6.07, 6.45) is 4.35. The van der Waals surface area contributed by atoms with Gasteiger partial charge in [0.15, 0.2) is 5.69 Å². The van der Waals surface area contributed by atoms with Crippen LogP contribution in [0.5, 0.6) is 0 Å². The van der Waals surface area contributed by atoms with Gasteiger partial charge < -0.3 is 20.4 Å². The number of aromatic carboxylic acids is 1. The summed E-state index contributed by atoms with van der Waals surface area (Å²) in [6.45, 7) is 4.63. The molecule has 10 heteroatoms. The van der Waals surface area contributed by atoms with Gasteiger partial charge in [0.25, 0.3) is 0 Å². The average Bonchev–Trinajstić information content (AvgIpc) is 3.42. The lowest BCUT2D eigenvalue weighted by Crippen LogP contribution is -2.45. The van der Waals surface area contributed by atoms with Crippen LogP contribution in [-0.4, -0.2) is 81.1 Å². The molecule has 3 N–H and O–H groups in total. The molecule has 2 fully saturated rings. The predicted octanol–water partition coefficient (Wildman–Crippen LogP) is 2.60. The Kier molecular flexibility index (Phi) is 6.68. The number of aliphatic hydroxyl groups excluding tert-OH is 1. The normalized spacial score (nSPS) is 18.2. The van der Waals surface area contributed by atoms with Crippen molar-refractivity contribution in [2.45, 2.75) is 25.8 Å². The van der Waals surface area contributed by atoms with Gasteiger partial charge in [-0.2, -0.15) is 9.78 Å². The third-order valence-electron chi connectivity index (χ3n) is 6.48. The van der Waals surface area contributed by atoms with Gasteiger partial charge >= 0.3 is 12.0 Å². The van der Waals surface area contributed by atoms with Crippen molar-refractivity contribution in [1.82, 2.24) is 19.6 Å². The van der Waals surface area contributed by atoms with Crippen LogP contribution < -0.4 is 5.32 Å². The van der Waals surface area contributed by atoms with Crippen LogP contribution in [-0.2, 0) is 6.54 Å². The highest BCUT2D eigenvalue weighted by molar-refractivity contribution is 6.33. The van der Waals surface area contributed by atoms with E-state index in [-0.39, 0.29) is 23.7 Å². The smallest absolute Gasteiger partial charge is 0.356 e. The first-order valence-corrected chi connectivity index (χ1v) is 11.2. The fraction of sp³-hybridized carbons (Fsp3) is 0.500. The van der Waals surface area contributed by atoms with E-state index < -0.39 is 5.97 Å². The van der Waals surface area contributed by atoms with Crippen LogP contribution in [0, 0.1) is 5.41 Å². The molecule has 0 radical (unpaired) electrons. The second kappa shape index (κ2) is 9.48. The summed E-state index contributed by atoms with van der Waals surface area (Å²) < 4.78 is 1.12. The molecule has 172 valence electrons. The second-order valence-electron chi connectivity index (χ2n) is 8.65. The van der Waals surface area contributed by atoms with Crippen LogP contribution in [0.25, 0.3) is 0 Å². The number of hydrogen-bond donors (Lipinski definition) is 3. The Hall–Kier alpha value is -2.62. The van der Waals surface area contributed by atoms with Crippen molar-refractivity contribution in [2.75, 3.05) is 44.6 Å². The summed E-state index contributed by atoms with van der Waals surface area (Å²) in [5.74, 6) is -1.14. The minimum atomic E-state index is -1.14. The summed E-state index contributed by atoms with van der Waals surface area (Å²) in [5, 5.41) is 25.7. The van der Waals surface area contributed by atoms with Crippen molar-refractivity contribution >= 4 is 29.3 Å². The quantitative estimate of drug-likeness (QED) is 0.606. The van der Waals surface area contributed by atoms with Gasteiger partial charge in [0, 0.05) is 38.9 Å². The number of hydrogen-bond acceptors (Lipinski definition) is 6. The van der Waals surface area contributed by atoms with Gasteiger partial charge in [0.05, 0.1) is 17.3 Å². The zero-order chi connectivity index (χ0) is 22.7. The Morgan fingerprint density at radius 2 is 1.91 bits per heavy atom. The van der Waals surface area contributed by atoms with Gasteiger partial charge in [-0.25, -0.2) is 9.59 Å². The lowest BCUT2D eigenvalue weighted by atomic mass is 9.78. The van der Waals surface area contributed by atoms with Crippen molar-refractivity contribution in [3.05, 3.63) is 46.7 Å². The molecule has 1 aromatic heterocycles. The molecule has 2 aromatic rings. The number of anilines is 1. The number of likely N-dealkylation sites (tertiary alicyclic amines) is 2.